The summed E-state index contributed by atoms with van der Waals surface area (Å²) in [5.41, 5.74) is 2.88. The van der Waals surface area contributed by atoms with Crippen LogP contribution < -0.4 is 20.4 Å². The molecule has 0 bridgehead atoms. The maximum atomic E-state index is 12.5. The summed E-state index contributed by atoms with van der Waals surface area (Å²) in [4.78, 5) is 31.2. The molecule has 2 atom stereocenters. The Morgan fingerprint density at radius 2 is 1.50 bits per heavy atom. The number of benzene rings is 2. The van der Waals surface area contributed by atoms with Crippen LogP contribution in [0, 0.1) is 0 Å². The minimum atomic E-state index is -0.556. The van der Waals surface area contributed by atoms with E-state index in [1.54, 1.807) is 31.2 Å². The molecule has 0 radical (unpaired) electrons. The van der Waals surface area contributed by atoms with Gasteiger partial charge < -0.3 is 35.0 Å². The fraction of sp³-hybridized carbons (Fsp3) is 0.407. The molecule has 0 spiro atoms. The maximum Gasteiger partial charge on any atom is 0.323 e. The third kappa shape index (κ3) is 6.18. The zero-order chi connectivity index (χ0) is 26.5. The van der Waals surface area contributed by atoms with Crippen LogP contribution in [-0.4, -0.2) is 78.2 Å². The number of hydrogen-bond acceptors (Lipinski definition) is 9. The number of anilines is 4. The zero-order valence-corrected chi connectivity index (χ0v) is 21.6. The van der Waals surface area contributed by atoms with Crippen molar-refractivity contribution in [1.29, 1.82) is 0 Å². The Labute approximate surface area is 221 Å². The lowest BCUT2D eigenvalue weighted by Crippen LogP contribution is -2.45. The molecule has 11 heteroatoms. The van der Waals surface area contributed by atoms with Crippen molar-refractivity contribution in [2.75, 3.05) is 66.5 Å². The summed E-state index contributed by atoms with van der Waals surface area (Å²) >= 11 is 0. The van der Waals surface area contributed by atoms with E-state index in [1.165, 1.54) is 0 Å². The number of morpholine rings is 2. The molecule has 38 heavy (non-hydrogen) atoms. The van der Waals surface area contributed by atoms with Crippen LogP contribution in [0.3, 0.4) is 0 Å². The smallest absolute Gasteiger partial charge is 0.323 e. The summed E-state index contributed by atoms with van der Waals surface area (Å²) in [7, 11) is 0. The molecule has 5 rings (SSSR count). The number of aromatic nitrogens is 3. The largest absolute Gasteiger partial charge is 0.389 e. The van der Waals surface area contributed by atoms with Crippen molar-refractivity contribution in [3.05, 3.63) is 54.1 Å². The standard InChI is InChI=1S/C27H33N7O4/c1-18-17-38-16-13-34(18)26-31-24(30-25(32-26)33-11-14-37-15-12-33)21-5-9-23(10-6-21)29-27(36)28-22-7-3-20(4-8-22)19(2)35/h3-10,18-19,35H,11-17H2,1-2H3,(H2,28,29,36)/t18-,19?/m0/s1. The van der Waals surface area contributed by atoms with Gasteiger partial charge in [0, 0.05) is 36.6 Å². The minimum absolute atomic E-state index is 0.157. The fourth-order valence-corrected chi connectivity index (χ4v) is 4.38. The molecule has 2 aromatic carbocycles. The molecule has 3 aromatic rings. The van der Waals surface area contributed by atoms with Gasteiger partial charge in [0.25, 0.3) is 0 Å². The van der Waals surface area contributed by atoms with E-state index in [0.29, 0.717) is 62.1 Å². The highest BCUT2D eigenvalue weighted by Gasteiger charge is 2.25. The first kappa shape index (κ1) is 25.8. The van der Waals surface area contributed by atoms with Crippen LogP contribution in [0.2, 0.25) is 0 Å². The zero-order valence-electron chi connectivity index (χ0n) is 21.6. The Balaban J connectivity index is 1.32. The predicted octanol–water partition coefficient (Wildman–Crippen LogP) is 3.30. The first-order valence-corrected chi connectivity index (χ1v) is 12.9. The van der Waals surface area contributed by atoms with Crippen LogP contribution in [0.15, 0.2) is 48.5 Å². The summed E-state index contributed by atoms with van der Waals surface area (Å²) in [6, 6.07) is 14.3. The van der Waals surface area contributed by atoms with Gasteiger partial charge in [-0.05, 0) is 55.8 Å². The Bertz CT molecular complexity index is 1230. The highest BCUT2D eigenvalue weighted by Crippen LogP contribution is 2.25. The second-order valence-electron chi connectivity index (χ2n) is 9.43. The average Bonchev–Trinajstić information content (AvgIpc) is 2.94. The monoisotopic (exact) mass is 519 g/mol. The summed E-state index contributed by atoms with van der Waals surface area (Å²) in [5.74, 6) is 1.84. The van der Waals surface area contributed by atoms with Crippen molar-refractivity contribution < 1.29 is 19.4 Å². The lowest BCUT2D eigenvalue weighted by atomic mass is 10.1. The van der Waals surface area contributed by atoms with Gasteiger partial charge in [0.05, 0.1) is 38.6 Å². The lowest BCUT2D eigenvalue weighted by molar-refractivity contribution is 0.0980. The number of nitrogens with one attached hydrogen (secondary N) is 2. The van der Waals surface area contributed by atoms with Gasteiger partial charge in [0.2, 0.25) is 11.9 Å². The third-order valence-electron chi connectivity index (χ3n) is 6.58. The van der Waals surface area contributed by atoms with E-state index in [1.807, 2.05) is 24.3 Å². The molecule has 3 heterocycles. The van der Waals surface area contributed by atoms with E-state index in [2.05, 4.69) is 27.4 Å². The summed E-state index contributed by atoms with van der Waals surface area (Å²) < 4.78 is 11.1. The number of rotatable bonds is 6. The fourth-order valence-electron chi connectivity index (χ4n) is 4.38. The molecule has 1 unspecified atom stereocenters. The Kier molecular flexibility index (Phi) is 7.97. The average molecular weight is 520 g/mol. The molecule has 2 amide bonds. The van der Waals surface area contributed by atoms with Gasteiger partial charge in [-0.25, -0.2) is 4.79 Å². The molecule has 200 valence electrons. The highest BCUT2D eigenvalue weighted by atomic mass is 16.5. The molecular weight excluding hydrogens is 486 g/mol. The second-order valence-corrected chi connectivity index (χ2v) is 9.43. The first-order chi connectivity index (χ1) is 18.5. The van der Waals surface area contributed by atoms with Crippen molar-refractivity contribution in [3.63, 3.8) is 0 Å². The lowest BCUT2D eigenvalue weighted by Gasteiger charge is -2.34. The van der Waals surface area contributed by atoms with Crippen LogP contribution in [0.1, 0.15) is 25.5 Å². The summed E-state index contributed by atoms with van der Waals surface area (Å²) in [6.07, 6.45) is -0.556. The number of nitrogens with zero attached hydrogens (tertiary/aromatic N) is 5. The van der Waals surface area contributed by atoms with Crippen molar-refractivity contribution >= 4 is 29.3 Å². The summed E-state index contributed by atoms with van der Waals surface area (Å²) in [6.45, 7) is 8.49. The molecule has 3 N–H and O–H groups in total. The van der Waals surface area contributed by atoms with E-state index >= 15 is 0 Å². The molecule has 2 fully saturated rings. The van der Waals surface area contributed by atoms with Gasteiger partial charge in [-0.1, -0.05) is 12.1 Å². The van der Waals surface area contributed by atoms with Crippen LogP contribution in [0.5, 0.6) is 0 Å². The molecule has 11 nitrogen and oxygen atoms in total. The van der Waals surface area contributed by atoms with Crippen molar-refractivity contribution in [2.24, 2.45) is 0 Å². The number of hydrogen-bond donors (Lipinski definition) is 3. The van der Waals surface area contributed by atoms with Gasteiger partial charge in [-0.3, -0.25) is 0 Å². The van der Waals surface area contributed by atoms with Gasteiger partial charge >= 0.3 is 6.03 Å². The Hall–Kier alpha value is -3.80. The summed E-state index contributed by atoms with van der Waals surface area (Å²) in [5, 5.41) is 15.3. The van der Waals surface area contributed by atoms with Crippen molar-refractivity contribution in [2.45, 2.75) is 26.0 Å². The van der Waals surface area contributed by atoms with Crippen molar-refractivity contribution in [3.8, 4) is 11.4 Å². The van der Waals surface area contributed by atoms with Crippen molar-refractivity contribution in [1.82, 2.24) is 15.0 Å². The number of aliphatic hydroxyl groups is 1. The Morgan fingerprint density at radius 3 is 2.13 bits per heavy atom. The molecule has 0 aliphatic carbocycles. The molecule has 2 saturated heterocycles. The Morgan fingerprint density at radius 1 is 0.895 bits per heavy atom. The van der Waals surface area contributed by atoms with Gasteiger partial charge in [-0.2, -0.15) is 15.0 Å². The number of ether oxygens (including phenoxy) is 2. The van der Waals surface area contributed by atoms with E-state index in [4.69, 9.17) is 24.4 Å². The normalized spacial score (nSPS) is 18.7. The van der Waals surface area contributed by atoms with Crippen LogP contribution >= 0.6 is 0 Å². The van der Waals surface area contributed by atoms with Crippen LogP contribution in [-0.2, 0) is 9.47 Å². The second kappa shape index (κ2) is 11.7. The SMILES string of the molecule is CC(O)c1ccc(NC(=O)Nc2ccc(-c3nc(N4CCOCC4)nc(N4CCOC[C@@H]4C)n3)cc2)cc1. The van der Waals surface area contributed by atoms with Crippen LogP contribution in [0.25, 0.3) is 11.4 Å². The number of aliphatic hydroxyl groups excluding tert-OH is 1. The van der Waals surface area contributed by atoms with E-state index < -0.39 is 6.10 Å². The number of carbonyl (C=O) groups excluding carboxylic acids is 1. The molecular formula is C27H33N7O4. The quantitative estimate of drug-likeness (QED) is 0.450. The number of urea groups is 1. The van der Waals surface area contributed by atoms with Gasteiger partial charge in [-0.15, -0.1) is 0 Å². The molecule has 0 saturated carbocycles. The highest BCUT2D eigenvalue weighted by molar-refractivity contribution is 5.99. The van der Waals surface area contributed by atoms with Gasteiger partial charge in [0.1, 0.15) is 0 Å². The number of amides is 2. The van der Waals surface area contributed by atoms with Gasteiger partial charge in [0.15, 0.2) is 5.82 Å². The van der Waals surface area contributed by atoms with E-state index in [9.17, 15) is 9.90 Å². The minimum Gasteiger partial charge on any atom is -0.389 e. The van der Waals surface area contributed by atoms with Crippen LogP contribution in [0.4, 0.5) is 28.1 Å². The first-order valence-electron chi connectivity index (χ1n) is 12.9. The molecule has 2 aliphatic rings. The third-order valence-corrected chi connectivity index (χ3v) is 6.58. The number of carbonyl (C=O) groups is 1. The van der Waals surface area contributed by atoms with E-state index in [0.717, 1.165) is 24.2 Å². The predicted molar refractivity (Wildman–Crippen MR) is 146 cm³/mol. The molecule has 2 aliphatic heterocycles. The maximum absolute atomic E-state index is 12.5. The van der Waals surface area contributed by atoms with E-state index in [-0.39, 0.29) is 12.1 Å². The topological polar surface area (TPSA) is 125 Å². The molecule has 1 aromatic heterocycles.